The second kappa shape index (κ2) is 8.65. The first kappa shape index (κ1) is 20.6. The quantitative estimate of drug-likeness (QED) is 0.597. The fourth-order valence-corrected chi connectivity index (χ4v) is 6.45. The number of nitrogens with one attached hydrogen (secondary N) is 1. The van der Waals surface area contributed by atoms with Gasteiger partial charge in [0.05, 0.1) is 13.2 Å². The molecule has 0 aromatic heterocycles. The Labute approximate surface area is 184 Å². The number of piperidine rings is 3. The summed E-state index contributed by atoms with van der Waals surface area (Å²) in [6.07, 6.45) is 9.71. The summed E-state index contributed by atoms with van der Waals surface area (Å²) in [5, 5.41) is 2.99. The van der Waals surface area contributed by atoms with E-state index in [2.05, 4.69) is 16.3 Å². The molecule has 3 fully saturated rings. The average molecular weight is 424 g/mol. The number of esters is 1. The van der Waals surface area contributed by atoms with E-state index in [4.69, 9.17) is 4.74 Å². The molecule has 1 aromatic carbocycles. The third-order valence-corrected chi connectivity index (χ3v) is 7.76. The van der Waals surface area contributed by atoms with Crippen LogP contribution >= 0.6 is 0 Å². The number of benzene rings is 1. The van der Waals surface area contributed by atoms with Gasteiger partial charge < -0.3 is 15.0 Å². The first-order valence-electron chi connectivity index (χ1n) is 11.8. The molecule has 2 bridgehead atoms. The van der Waals surface area contributed by atoms with Gasteiger partial charge in [-0.3, -0.25) is 4.90 Å². The molecule has 31 heavy (non-hydrogen) atoms. The zero-order valence-corrected chi connectivity index (χ0v) is 18.3. The Morgan fingerprint density at radius 2 is 1.97 bits per heavy atom. The number of urea groups is 1. The summed E-state index contributed by atoms with van der Waals surface area (Å²) >= 11 is 0. The number of ether oxygens (including phenoxy) is 1. The highest BCUT2D eigenvalue weighted by Crippen LogP contribution is 2.45. The van der Waals surface area contributed by atoms with Crippen LogP contribution in [0.15, 0.2) is 42.0 Å². The zero-order valence-electron chi connectivity index (χ0n) is 18.3. The van der Waals surface area contributed by atoms with Gasteiger partial charge in [0.15, 0.2) is 6.04 Å². The fourth-order valence-electron chi connectivity index (χ4n) is 6.45. The summed E-state index contributed by atoms with van der Waals surface area (Å²) in [7, 11) is 1.37. The first-order chi connectivity index (χ1) is 15.2. The van der Waals surface area contributed by atoms with Gasteiger partial charge in [-0.2, -0.15) is 0 Å². The fraction of sp³-hybridized carbons (Fsp3) is 0.600. The SMILES string of the molecule is COC(=O)C(NC(=O)N1CCCC2=CC3CC(CN4CCCCC34)C21)c1ccccc1. The van der Waals surface area contributed by atoms with Crippen molar-refractivity contribution in [2.45, 2.75) is 56.7 Å². The number of nitrogens with zero attached hydrogens (tertiary/aromatic N) is 2. The summed E-state index contributed by atoms with van der Waals surface area (Å²) < 4.78 is 5.00. The zero-order chi connectivity index (χ0) is 21.4. The minimum atomic E-state index is -0.790. The van der Waals surface area contributed by atoms with Crippen LogP contribution in [0, 0.1) is 11.8 Å². The van der Waals surface area contributed by atoms with Gasteiger partial charge in [0.25, 0.3) is 0 Å². The predicted molar refractivity (Wildman–Crippen MR) is 118 cm³/mol. The van der Waals surface area contributed by atoms with Crippen molar-refractivity contribution in [2.75, 3.05) is 26.7 Å². The van der Waals surface area contributed by atoms with E-state index in [1.165, 1.54) is 44.9 Å². The summed E-state index contributed by atoms with van der Waals surface area (Å²) in [5.74, 6) is 0.684. The lowest BCUT2D eigenvalue weighted by Crippen LogP contribution is -2.61. The molecule has 0 spiro atoms. The highest BCUT2D eigenvalue weighted by atomic mass is 16.5. The van der Waals surface area contributed by atoms with E-state index in [0.29, 0.717) is 17.9 Å². The van der Waals surface area contributed by atoms with Crippen molar-refractivity contribution in [1.29, 1.82) is 0 Å². The van der Waals surface area contributed by atoms with Crippen molar-refractivity contribution < 1.29 is 14.3 Å². The minimum absolute atomic E-state index is 0.155. The molecule has 1 aromatic rings. The summed E-state index contributed by atoms with van der Waals surface area (Å²) in [4.78, 5) is 30.6. The van der Waals surface area contributed by atoms with Crippen molar-refractivity contribution in [2.24, 2.45) is 11.8 Å². The van der Waals surface area contributed by atoms with Crippen LogP contribution in [0.2, 0.25) is 0 Å². The Morgan fingerprint density at radius 1 is 1.13 bits per heavy atom. The molecule has 5 rings (SSSR count). The minimum Gasteiger partial charge on any atom is -0.467 e. The van der Waals surface area contributed by atoms with E-state index in [1.54, 1.807) is 0 Å². The summed E-state index contributed by atoms with van der Waals surface area (Å²) in [5.41, 5.74) is 2.19. The molecule has 1 aliphatic carbocycles. The Balaban J connectivity index is 1.38. The van der Waals surface area contributed by atoms with Crippen molar-refractivity contribution in [3.8, 4) is 0 Å². The molecule has 6 heteroatoms. The van der Waals surface area contributed by atoms with Crippen LogP contribution in [-0.4, -0.2) is 60.6 Å². The van der Waals surface area contributed by atoms with Crippen molar-refractivity contribution >= 4 is 12.0 Å². The molecule has 6 nitrogen and oxygen atoms in total. The predicted octanol–water partition coefficient (Wildman–Crippen LogP) is 3.51. The van der Waals surface area contributed by atoms with Crippen molar-refractivity contribution in [1.82, 2.24) is 15.1 Å². The lowest BCUT2D eigenvalue weighted by Gasteiger charge is -2.54. The molecule has 0 radical (unpaired) electrons. The van der Waals surface area contributed by atoms with Gasteiger partial charge in [0.1, 0.15) is 0 Å². The van der Waals surface area contributed by atoms with Gasteiger partial charge in [-0.15, -0.1) is 0 Å². The molecule has 1 N–H and O–H groups in total. The number of amides is 2. The highest BCUT2D eigenvalue weighted by molar-refractivity contribution is 5.85. The van der Waals surface area contributed by atoms with E-state index in [9.17, 15) is 9.59 Å². The number of fused-ring (bicyclic) bond motifs is 6. The van der Waals surface area contributed by atoms with Crippen LogP contribution in [0.3, 0.4) is 0 Å². The number of hydrogen-bond donors (Lipinski definition) is 1. The Kier molecular flexibility index (Phi) is 5.74. The molecule has 4 aliphatic rings. The number of likely N-dealkylation sites (tertiary alicyclic amines) is 1. The van der Waals surface area contributed by atoms with Gasteiger partial charge in [-0.1, -0.05) is 48.4 Å². The van der Waals surface area contributed by atoms with Crippen molar-refractivity contribution in [3.05, 3.63) is 47.5 Å². The second-order valence-corrected chi connectivity index (χ2v) is 9.52. The Hall–Kier alpha value is -2.34. The lowest BCUT2D eigenvalue weighted by atomic mass is 9.68. The Morgan fingerprint density at radius 3 is 2.77 bits per heavy atom. The number of carbonyl (C=O) groups excluding carboxylic acids is 2. The van der Waals surface area contributed by atoms with Crippen LogP contribution in [0.5, 0.6) is 0 Å². The van der Waals surface area contributed by atoms with Gasteiger partial charge in [-0.05, 0) is 56.0 Å². The first-order valence-corrected chi connectivity index (χ1v) is 11.8. The molecule has 0 saturated carbocycles. The van der Waals surface area contributed by atoms with E-state index in [0.717, 1.165) is 31.5 Å². The molecule has 3 saturated heterocycles. The summed E-state index contributed by atoms with van der Waals surface area (Å²) in [6.45, 7) is 3.02. The topological polar surface area (TPSA) is 61.9 Å². The van der Waals surface area contributed by atoms with Gasteiger partial charge in [0.2, 0.25) is 0 Å². The molecule has 5 atom stereocenters. The number of methoxy groups -OCH3 is 1. The molecule has 3 aliphatic heterocycles. The standard InChI is InChI=1S/C25H33N3O3/c1-31-24(29)22(17-8-3-2-4-9-17)26-25(30)28-13-7-10-18-14-19-15-20(23(18)28)16-27-12-6-5-11-21(19)27/h2-4,8-9,14,19-23H,5-7,10-13,15-16H2,1H3,(H,26,30). The molecule has 3 heterocycles. The largest absolute Gasteiger partial charge is 0.467 e. The number of rotatable bonds is 3. The Bertz CT molecular complexity index is 855. The van der Waals surface area contributed by atoms with E-state index in [1.807, 2.05) is 35.2 Å². The molecular weight excluding hydrogens is 390 g/mol. The number of hydrogen-bond acceptors (Lipinski definition) is 4. The van der Waals surface area contributed by atoms with Gasteiger partial charge in [0, 0.05) is 19.1 Å². The normalized spacial score (nSPS) is 31.0. The third-order valence-electron chi connectivity index (χ3n) is 7.76. The average Bonchev–Trinajstić information content (AvgIpc) is 2.82. The maximum absolute atomic E-state index is 13.5. The van der Waals surface area contributed by atoms with Crippen LogP contribution in [-0.2, 0) is 9.53 Å². The molecule has 5 unspecified atom stereocenters. The van der Waals surface area contributed by atoms with Gasteiger partial charge in [-0.25, -0.2) is 9.59 Å². The highest BCUT2D eigenvalue weighted by Gasteiger charge is 2.47. The van der Waals surface area contributed by atoms with Crippen LogP contribution in [0.25, 0.3) is 0 Å². The monoisotopic (exact) mass is 423 g/mol. The van der Waals surface area contributed by atoms with E-state index in [-0.39, 0.29) is 12.1 Å². The molecule has 2 amide bonds. The van der Waals surface area contributed by atoms with E-state index >= 15 is 0 Å². The maximum Gasteiger partial charge on any atom is 0.333 e. The van der Waals surface area contributed by atoms with E-state index < -0.39 is 12.0 Å². The second-order valence-electron chi connectivity index (χ2n) is 9.52. The van der Waals surface area contributed by atoms with Crippen LogP contribution in [0.4, 0.5) is 4.79 Å². The van der Waals surface area contributed by atoms with Gasteiger partial charge >= 0.3 is 12.0 Å². The maximum atomic E-state index is 13.5. The summed E-state index contributed by atoms with van der Waals surface area (Å²) in [6, 6.07) is 9.26. The smallest absolute Gasteiger partial charge is 0.333 e. The third kappa shape index (κ3) is 3.86. The number of carbonyl (C=O) groups is 2. The van der Waals surface area contributed by atoms with Crippen LogP contribution < -0.4 is 5.32 Å². The molecular formula is C25H33N3O3. The van der Waals surface area contributed by atoms with Crippen molar-refractivity contribution in [3.63, 3.8) is 0 Å². The van der Waals surface area contributed by atoms with Crippen LogP contribution in [0.1, 0.15) is 50.1 Å². The molecule has 166 valence electrons. The lowest BCUT2D eigenvalue weighted by molar-refractivity contribution is -0.143.